The standard InChI is InChI=1S/C20H17N5O3S/c1-27-17-9-8-13(10-18(17)28-2)16-12-29-20(22-16)23-19(26)15-11-21-25(24-15)14-6-4-3-5-7-14/h3-12H,1-2H3,(H,22,23,26). The molecule has 4 rings (SSSR count). The highest BCUT2D eigenvalue weighted by Gasteiger charge is 2.15. The molecule has 0 spiro atoms. The van der Waals surface area contributed by atoms with E-state index in [1.807, 2.05) is 53.9 Å². The summed E-state index contributed by atoms with van der Waals surface area (Å²) in [6.07, 6.45) is 1.42. The minimum absolute atomic E-state index is 0.205. The lowest BCUT2D eigenvalue weighted by Gasteiger charge is -2.08. The van der Waals surface area contributed by atoms with Crippen molar-refractivity contribution in [2.75, 3.05) is 19.5 Å². The lowest BCUT2D eigenvalue weighted by atomic mass is 10.1. The molecule has 0 saturated carbocycles. The van der Waals surface area contributed by atoms with Crippen LogP contribution in [0.2, 0.25) is 0 Å². The van der Waals surface area contributed by atoms with E-state index in [-0.39, 0.29) is 11.6 Å². The molecule has 4 aromatic rings. The van der Waals surface area contributed by atoms with Gasteiger partial charge in [0.05, 0.1) is 31.8 Å². The molecule has 1 amide bonds. The van der Waals surface area contributed by atoms with Crippen LogP contribution in [0.3, 0.4) is 0 Å². The van der Waals surface area contributed by atoms with E-state index in [0.717, 1.165) is 16.9 Å². The number of benzene rings is 2. The summed E-state index contributed by atoms with van der Waals surface area (Å²) in [6, 6.07) is 14.9. The van der Waals surface area contributed by atoms with E-state index >= 15 is 0 Å². The van der Waals surface area contributed by atoms with E-state index in [1.54, 1.807) is 14.2 Å². The highest BCUT2D eigenvalue weighted by Crippen LogP contribution is 2.33. The van der Waals surface area contributed by atoms with E-state index in [2.05, 4.69) is 20.5 Å². The zero-order valence-electron chi connectivity index (χ0n) is 15.7. The first-order valence-corrected chi connectivity index (χ1v) is 9.53. The van der Waals surface area contributed by atoms with Crippen LogP contribution in [0, 0.1) is 0 Å². The summed E-state index contributed by atoms with van der Waals surface area (Å²) in [5.41, 5.74) is 2.56. The molecule has 9 heteroatoms. The third kappa shape index (κ3) is 3.94. The third-order valence-corrected chi connectivity index (χ3v) is 4.87. The number of carbonyl (C=O) groups excluding carboxylic acids is 1. The predicted molar refractivity (Wildman–Crippen MR) is 110 cm³/mol. The summed E-state index contributed by atoms with van der Waals surface area (Å²) < 4.78 is 10.6. The second-order valence-electron chi connectivity index (χ2n) is 5.92. The first-order valence-electron chi connectivity index (χ1n) is 8.65. The van der Waals surface area contributed by atoms with E-state index in [1.165, 1.54) is 22.3 Å². The van der Waals surface area contributed by atoms with Crippen LogP contribution >= 0.6 is 11.3 Å². The molecule has 29 heavy (non-hydrogen) atoms. The molecule has 2 aromatic carbocycles. The zero-order chi connectivity index (χ0) is 20.2. The lowest BCUT2D eigenvalue weighted by molar-refractivity contribution is 0.102. The number of carbonyl (C=O) groups is 1. The van der Waals surface area contributed by atoms with Gasteiger partial charge in [0.25, 0.3) is 5.91 Å². The number of aromatic nitrogens is 4. The second kappa shape index (κ2) is 8.11. The van der Waals surface area contributed by atoms with E-state index in [9.17, 15) is 4.79 Å². The molecule has 0 aliphatic carbocycles. The van der Waals surface area contributed by atoms with Gasteiger partial charge >= 0.3 is 0 Å². The average molecular weight is 407 g/mol. The molecule has 0 aliphatic rings. The summed E-state index contributed by atoms with van der Waals surface area (Å²) in [7, 11) is 3.17. The number of nitrogens with zero attached hydrogens (tertiary/aromatic N) is 4. The van der Waals surface area contributed by atoms with Crippen molar-refractivity contribution in [3.63, 3.8) is 0 Å². The van der Waals surface area contributed by atoms with Crippen molar-refractivity contribution in [2.45, 2.75) is 0 Å². The molecule has 8 nitrogen and oxygen atoms in total. The number of rotatable bonds is 6. The van der Waals surface area contributed by atoms with Gasteiger partial charge in [-0.25, -0.2) is 4.98 Å². The Labute approximate surface area is 170 Å². The van der Waals surface area contributed by atoms with Gasteiger partial charge in [-0.3, -0.25) is 10.1 Å². The van der Waals surface area contributed by atoms with Gasteiger partial charge in [0.1, 0.15) is 0 Å². The Morgan fingerprint density at radius 3 is 2.62 bits per heavy atom. The van der Waals surface area contributed by atoms with Crippen LogP contribution in [0.5, 0.6) is 11.5 Å². The Hall–Kier alpha value is -3.72. The maximum Gasteiger partial charge on any atom is 0.279 e. The third-order valence-electron chi connectivity index (χ3n) is 4.12. The summed E-state index contributed by atoms with van der Waals surface area (Å²) in [6.45, 7) is 0. The molecule has 0 saturated heterocycles. The van der Waals surface area contributed by atoms with Gasteiger partial charge in [-0.2, -0.15) is 9.90 Å². The van der Waals surface area contributed by atoms with Gasteiger partial charge in [0.15, 0.2) is 22.3 Å². The quantitative estimate of drug-likeness (QED) is 0.525. The molecular weight excluding hydrogens is 390 g/mol. The Kier molecular flexibility index (Phi) is 5.21. The normalized spacial score (nSPS) is 10.6. The maximum absolute atomic E-state index is 12.5. The molecule has 146 valence electrons. The smallest absolute Gasteiger partial charge is 0.279 e. The highest BCUT2D eigenvalue weighted by molar-refractivity contribution is 7.14. The number of amides is 1. The number of para-hydroxylation sites is 1. The summed E-state index contributed by atoms with van der Waals surface area (Å²) in [5, 5.41) is 13.4. The highest BCUT2D eigenvalue weighted by atomic mass is 32.1. The number of nitrogens with one attached hydrogen (secondary N) is 1. The van der Waals surface area contributed by atoms with Crippen LogP contribution in [-0.2, 0) is 0 Å². The Balaban J connectivity index is 1.49. The first kappa shape index (κ1) is 18.6. The Bertz CT molecular complexity index is 1140. The van der Waals surface area contributed by atoms with Gasteiger partial charge in [0, 0.05) is 10.9 Å². The van der Waals surface area contributed by atoms with Crippen molar-refractivity contribution in [3.8, 4) is 28.4 Å². The topological polar surface area (TPSA) is 91.2 Å². The number of ether oxygens (including phenoxy) is 2. The van der Waals surface area contributed by atoms with Gasteiger partial charge in [-0.05, 0) is 30.3 Å². The van der Waals surface area contributed by atoms with Crippen LogP contribution in [0.15, 0.2) is 60.1 Å². The number of anilines is 1. The molecule has 0 atom stereocenters. The van der Waals surface area contributed by atoms with Crippen molar-refractivity contribution < 1.29 is 14.3 Å². The Morgan fingerprint density at radius 1 is 1.07 bits per heavy atom. The molecule has 1 N–H and O–H groups in total. The molecule has 2 heterocycles. The van der Waals surface area contributed by atoms with Gasteiger partial charge in [-0.1, -0.05) is 18.2 Å². The van der Waals surface area contributed by atoms with Crippen molar-refractivity contribution in [2.24, 2.45) is 0 Å². The van der Waals surface area contributed by atoms with Crippen LogP contribution in [0.25, 0.3) is 16.9 Å². The van der Waals surface area contributed by atoms with Crippen molar-refractivity contribution in [3.05, 3.63) is 65.8 Å². The van der Waals surface area contributed by atoms with Crippen LogP contribution in [0.4, 0.5) is 5.13 Å². The van der Waals surface area contributed by atoms with Crippen LogP contribution in [0.1, 0.15) is 10.5 Å². The van der Waals surface area contributed by atoms with E-state index < -0.39 is 0 Å². The molecule has 0 aliphatic heterocycles. The zero-order valence-corrected chi connectivity index (χ0v) is 16.5. The van der Waals surface area contributed by atoms with Crippen LogP contribution in [-0.4, -0.2) is 40.1 Å². The molecule has 0 unspecified atom stereocenters. The fourth-order valence-corrected chi connectivity index (χ4v) is 3.39. The summed E-state index contributed by atoms with van der Waals surface area (Å²) >= 11 is 1.32. The fourth-order valence-electron chi connectivity index (χ4n) is 2.67. The molecule has 2 aromatic heterocycles. The number of thiazole rings is 1. The minimum atomic E-state index is -0.375. The van der Waals surface area contributed by atoms with Gasteiger partial charge in [0.2, 0.25) is 0 Å². The molecule has 0 fully saturated rings. The van der Waals surface area contributed by atoms with E-state index in [4.69, 9.17) is 9.47 Å². The second-order valence-corrected chi connectivity index (χ2v) is 6.77. The lowest BCUT2D eigenvalue weighted by Crippen LogP contribution is -2.13. The number of methoxy groups -OCH3 is 2. The fraction of sp³-hybridized carbons (Fsp3) is 0.100. The summed E-state index contributed by atoms with van der Waals surface area (Å²) in [4.78, 5) is 18.4. The van der Waals surface area contributed by atoms with Crippen molar-refractivity contribution >= 4 is 22.4 Å². The number of hydrogen-bond acceptors (Lipinski definition) is 7. The monoisotopic (exact) mass is 407 g/mol. The van der Waals surface area contributed by atoms with Gasteiger partial charge < -0.3 is 9.47 Å². The van der Waals surface area contributed by atoms with Crippen molar-refractivity contribution in [1.82, 2.24) is 20.0 Å². The molecule has 0 bridgehead atoms. The van der Waals surface area contributed by atoms with Crippen LogP contribution < -0.4 is 14.8 Å². The molecular formula is C20H17N5O3S. The van der Waals surface area contributed by atoms with E-state index in [0.29, 0.717) is 16.6 Å². The Morgan fingerprint density at radius 2 is 1.86 bits per heavy atom. The largest absolute Gasteiger partial charge is 0.493 e. The average Bonchev–Trinajstić information content (AvgIpc) is 3.44. The minimum Gasteiger partial charge on any atom is -0.493 e. The molecule has 0 radical (unpaired) electrons. The van der Waals surface area contributed by atoms with Gasteiger partial charge in [-0.15, -0.1) is 16.4 Å². The number of hydrogen-bond donors (Lipinski definition) is 1. The maximum atomic E-state index is 12.5. The predicted octanol–water partition coefficient (Wildman–Crippen LogP) is 3.66. The van der Waals surface area contributed by atoms with Crippen molar-refractivity contribution in [1.29, 1.82) is 0 Å². The SMILES string of the molecule is COc1ccc(-c2csc(NC(=O)c3cnn(-c4ccccc4)n3)n2)cc1OC. The summed E-state index contributed by atoms with van der Waals surface area (Å²) in [5.74, 6) is 0.878. The first-order chi connectivity index (χ1) is 14.2.